The Bertz CT molecular complexity index is 492. The van der Waals surface area contributed by atoms with E-state index in [-0.39, 0.29) is 5.75 Å². The number of benzene rings is 1. The molecule has 3 rings (SSSR count). The molecule has 0 radical (unpaired) electrons. The molecule has 0 saturated carbocycles. The van der Waals surface area contributed by atoms with Crippen LogP contribution in [0.2, 0.25) is 0 Å². The van der Waals surface area contributed by atoms with Crippen molar-refractivity contribution in [1.29, 1.82) is 0 Å². The number of rotatable bonds is 4. The zero-order valence-corrected chi connectivity index (χ0v) is 13.1. The first kappa shape index (κ1) is 14.7. The van der Waals surface area contributed by atoms with Crippen LogP contribution in [0.15, 0.2) is 18.2 Å². The monoisotopic (exact) mass is 290 g/mol. The molecule has 1 aromatic carbocycles. The van der Waals surface area contributed by atoms with Gasteiger partial charge in [-0.1, -0.05) is 6.07 Å². The molecule has 0 aliphatic carbocycles. The molecule has 116 valence electrons. The van der Waals surface area contributed by atoms with Gasteiger partial charge in [0.1, 0.15) is 0 Å². The fraction of sp³-hybridized carbons (Fsp3) is 0.647. The van der Waals surface area contributed by atoms with Crippen molar-refractivity contribution in [2.75, 3.05) is 26.2 Å². The molecule has 2 atom stereocenters. The first-order valence-electron chi connectivity index (χ1n) is 8.10. The average Bonchev–Trinajstić information content (AvgIpc) is 2.90. The van der Waals surface area contributed by atoms with Crippen LogP contribution in [0.3, 0.4) is 0 Å². The quantitative estimate of drug-likeness (QED) is 0.924. The lowest BCUT2D eigenvalue weighted by molar-refractivity contribution is 0.0540. The van der Waals surface area contributed by atoms with Crippen molar-refractivity contribution >= 4 is 0 Å². The van der Waals surface area contributed by atoms with Crippen molar-refractivity contribution in [2.24, 2.45) is 0 Å². The molecule has 1 N–H and O–H groups in total. The molecule has 2 aliphatic heterocycles. The molecule has 0 bridgehead atoms. The van der Waals surface area contributed by atoms with E-state index in [2.05, 4.69) is 16.7 Å². The van der Waals surface area contributed by atoms with Crippen LogP contribution < -0.4 is 4.74 Å². The molecule has 4 nitrogen and oxygen atoms in total. The summed E-state index contributed by atoms with van der Waals surface area (Å²) in [5.41, 5.74) is 1.22. The van der Waals surface area contributed by atoms with Crippen LogP contribution in [0.4, 0.5) is 0 Å². The van der Waals surface area contributed by atoms with E-state index in [0.29, 0.717) is 18.4 Å². The van der Waals surface area contributed by atoms with E-state index in [0.717, 1.165) is 19.1 Å². The maximum absolute atomic E-state index is 9.80. The normalized spacial score (nSPS) is 26.8. The van der Waals surface area contributed by atoms with Crippen LogP contribution in [0.25, 0.3) is 0 Å². The number of phenolic OH excluding ortho intramolecular Hbond substituents is 1. The summed E-state index contributed by atoms with van der Waals surface area (Å²) >= 11 is 0. The molecule has 2 aliphatic rings. The number of hydrogen-bond donors (Lipinski definition) is 1. The molecule has 0 amide bonds. The zero-order chi connectivity index (χ0) is 14.8. The number of fused-ring (bicyclic) bond motifs is 1. The SMILES string of the molecule is CCOc1cc(CN2CC3CCCN3CC2C)ccc1O. The Hall–Kier alpha value is -1.26. The van der Waals surface area contributed by atoms with Crippen molar-refractivity contribution in [2.45, 2.75) is 45.3 Å². The van der Waals surface area contributed by atoms with Gasteiger partial charge in [-0.15, -0.1) is 0 Å². The summed E-state index contributed by atoms with van der Waals surface area (Å²) in [6, 6.07) is 7.06. The summed E-state index contributed by atoms with van der Waals surface area (Å²) in [7, 11) is 0. The summed E-state index contributed by atoms with van der Waals surface area (Å²) in [5.74, 6) is 0.830. The molecule has 4 heteroatoms. The highest BCUT2D eigenvalue weighted by Crippen LogP contribution is 2.29. The Morgan fingerprint density at radius 2 is 2.19 bits per heavy atom. The molecular formula is C17H26N2O2. The lowest BCUT2D eigenvalue weighted by atomic mass is 10.1. The van der Waals surface area contributed by atoms with Gasteiger partial charge in [0.15, 0.2) is 11.5 Å². The lowest BCUT2D eigenvalue weighted by Crippen LogP contribution is -2.54. The average molecular weight is 290 g/mol. The Labute approximate surface area is 127 Å². The minimum atomic E-state index is 0.231. The Balaban J connectivity index is 1.69. The maximum Gasteiger partial charge on any atom is 0.161 e. The number of ether oxygens (including phenoxy) is 1. The zero-order valence-electron chi connectivity index (χ0n) is 13.1. The maximum atomic E-state index is 9.80. The smallest absolute Gasteiger partial charge is 0.161 e. The summed E-state index contributed by atoms with van der Waals surface area (Å²) in [4.78, 5) is 5.21. The molecule has 0 spiro atoms. The third kappa shape index (κ3) is 3.16. The molecule has 1 aromatic rings. The number of phenols is 1. The van der Waals surface area contributed by atoms with Crippen molar-refractivity contribution < 1.29 is 9.84 Å². The van der Waals surface area contributed by atoms with E-state index in [1.165, 1.54) is 31.5 Å². The molecule has 21 heavy (non-hydrogen) atoms. The Kier molecular flexibility index (Phi) is 4.36. The molecular weight excluding hydrogens is 264 g/mol. The van der Waals surface area contributed by atoms with E-state index in [1.807, 2.05) is 19.1 Å². The van der Waals surface area contributed by atoms with Crippen LogP contribution in [0.5, 0.6) is 11.5 Å². The highest BCUT2D eigenvalue weighted by atomic mass is 16.5. The molecule has 0 aromatic heterocycles. The highest BCUT2D eigenvalue weighted by molar-refractivity contribution is 5.41. The molecule has 2 fully saturated rings. The second-order valence-corrected chi connectivity index (χ2v) is 6.30. The van der Waals surface area contributed by atoms with Gasteiger partial charge in [0.2, 0.25) is 0 Å². The Morgan fingerprint density at radius 3 is 3.00 bits per heavy atom. The summed E-state index contributed by atoms with van der Waals surface area (Å²) in [5, 5.41) is 9.80. The third-order valence-electron chi connectivity index (χ3n) is 4.78. The van der Waals surface area contributed by atoms with Gasteiger partial charge >= 0.3 is 0 Å². The van der Waals surface area contributed by atoms with Crippen molar-refractivity contribution in [1.82, 2.24) is 9.80 Å². The van der Waals surface area contributed by atoms with Gasteiger partial charge in [-0.2, -0.15) is 0 Å². The lowest BCUT2D eigenvalue weighted by Gasteiger charge is -2.42. The van der Waals surface area contributed by atoms with Gasteiger partial charge in [0, 0.05) is 31.7 Å². The molecule has 2 unspecified atom stereocenters. The minimum absolute atomic E-state index is 0.231. The second-order valence-electron chi connectivity index (χ2n) is 6.30. The van der Waals surface area contributed by atoms with Crippen LogP contribution in [0, 0.1) is 0 Å². The van der Waals surface area contributed by atoms with Crippen molar-refractivity contribution in [3.63, 3.8) is 0 Å². The number of aromatic hydroxyl groups is 1. The van der Waals surface area contributed by atoms with Crippen LogP contribution >= 0.6 is 0 Å². The summed E-state index contributed by atoms with van der Waals surface area (Å²) in [6.07, 6.45) is 2.68. The third-order valence-corrected chi connectivity index (χ3v) is 4.78. The van der Waals surface area contributed by atoms with Crippen LogP contribution in [0.1, 0.15) is 32.3 Å². The molecule has 2 saturated heterocycles. The Morgan fingerprint density at radius 1 is 1.33 bits per heavy atom. The van der Waals surface area contributed by atoms with Gasteiger partial charge in [0.05, 0.1) is 6.61 Å². The first-order valence-corrected chi connectivity index (χ1v) is 8.10. The number of hydrogen-bond acceptors (Lipinski definition) is 4. The van der Waals surface area contributed by atoms with E-state index < -0.39 is 0 Å². The fourth-order valence-electron chi connectivity index (χ4n) is 3.63. The van der Waals surface area contributed by atoms with Crippen molar-refractivity contribution in [3.05, 3.63) is 23.8 Å². The highest BCUT2D eigenvalue weighted by Gasteiger charge is 2.34. The number of nitrogens with zero attached hydrogens (tertiary/aromatic N) is 2. The van der Waals surface area contributed by atoms with Gasteiger partial charge in [-0.05, 0) is 50.9 Å². The topological polar surface area (TPSA) is 35.9 Å². The van der Waals surface area contributed by atoms with Gasteiger partial charge in [-0.3, -0.25) is 9.80 Å². The van der Waals surface area contributed by atoms with E-state index in [9.17, 15) is 5.11 Å². The van der Waals surface area contributed by atoms with Gasteiger partial charge < -0.3 is 9.84 Å². The van der Waals surface area contributed by atoms with E-state index >= 15 is 0 Å². The predicted octanol–water partition coefficient (Wildman–Crippen LogP) is 2.46. The van der Waals surface area contributed by atoms with Crippen LogP contribution in [-0.2, 0) is 6.54 Å². The largest absolute Gasteiger partial charge is 0.504 e. The van der Waals surface area contributed by atoms with E-state index in [4.69, 9.17) is 4.74 Å². The second kappa shape index (κ2) is 6.24. The molecule has 2 heterocycles. The predicted molar refractivity (Wildman–Crippen MR) is 83.7 cm³/mol. The van der Waals surface area contributed by atoms with Gasteiger partial charge in [-0.25, -0.2) is 0 Å². The standard InChI is InChI=1S/C17H26N2O2/c1-3-21-17-9-14(6-7-16(17)20)11-19-12-15-5-4-8-18(15)10-13(19)2/h6-7,9,13,15,20H,3-5,8,10-12H2,1-2H3. The minimum Gasteiger partial charge on any atom is -0.504 e. The number of piperazine rings is 1. The first-order chi connectivity index (χ1) is 10.2. The fourth-order valence-corrected chi connectivity index (χ4v) is 3.63. The van der Waals surface area contributed by atoms with Crippen molar-refractivity contribution in [3.8, 4) is 11.5 Å². The van der Waals surface area contributed by atoms with Gasteiger partial charge in [0.25, 0.3) is 0 Å². The summed E-state index contributed by atoms with van der Waals surface area (Å²) in [6.45, 7) is 9.38. The van der Waals surface area contributed by atoms with E-state index in [1.54, 1.807) is 6.07 Å². The summed E-state index contributed by atoms with van der Waals surface area (Å²) < 4.78 is 5.49. The van der Waals surface area contributed by atoms with Crippen LogP contribution in [-0.4, -0.2) is 53.2 Å².